The third-order valence-electron chi connectivity index (χ3n) is 4.59. The molecule has 0 aromatic heterocycles. The molecule has 3 fully saturated rings. The number of piperidine rings is 1. The van der Waals surface area contributed by atoms with Gasteiger partial charge in [0.05, 0.1) is 0 Å². The molecule has 2 bridgehead atoms. The van der Waals surface area contributed by atoms with E-state index in [4.69, 9.17) is 0 Å². The average molecular weight is 165 g/mol. The van der Waals surface area contributed by atoms with E-state index in [1.165, 1.54) is 32.4 Å². The van der Waals surface area contributed by atoms with Crippen molar-refractivity contribution in [2.24, 2.45) is 17.8 Å². The maximum Gasteiger partial charge on any atom is 0.0127 e. The van der Waals surface area contributed by atoms with Crippen LogP contribution in [0.2, 0.25) is 0 Å². The van der Waals surface area contributed by atoms with Crippen LogP contribution < -0.4 is 0 Å². The van der Waals surface area contributed by atoms with E-state index in [9.17, 15) is 0 Å². The molecular weight excluding hydrogens is 146 g/mol. The summed E-state index contributed by atoms with van der Waals surface area (Å²) >= 11 is 0. The normalized spacial score (nSPS) is 56.2. The van der Waals surface area contributed by atoms with Crippen LogP contribution in [0.15, 0.2) is 0 Å². The van der Waals surface area contributed by atoms with Crippen molar-refractivity contribution in [3.63, 3.8) is 0 Å². The third kappa shape index (κ3) is 0.783. The van der Waals surface area contributed by atoms with E-state index >= 15 is 0 Å². The van der Waals surface area contributed by atoms with Crippen molar-refractivity contribution < 1.29 is 0 Å². The second-order valence-electron chi connectivity index (χ2n) is 4.95. The summed E-state index contributed by atoms with van der Waals surface area (Å²) in [4.78, 5) is 2.79. The van der Waals surface area contributed by atoms with Crippen LogP contribution >= 0.6 is 0 Å². The minimum atomic E-state index is 1.03. The molecule has 0 amide bonds. The lowest BCUT2D eigenvalue weighted by atomic mass is 9.80. The van der Waals surface area contributed by atoms with Gasteiger partial charge in [-0.15, -0.1) is 0 Å². The fraction of sp³-hybridized carbons (Fsp3) is 1.00. The zero-order chi connectivity index (χ0) is 8.13. The second kappa shape index (κ2) is 2.47. The van der Waals surface area contributed by atoms with Gasteiger partial charge in [0.15, 0.2) is 0 Å². The molecule has 3 aliphatic rings. The molecule has 5 unspecified atom stereocenters. The first-order valence-corrected chi connectivity index (χ1v) is 5.64. The summed E-state index contributed by atoms with van der Waals surface area (Å²) in [6.45, 7) is 5.26. The van der Waals surface area contributed by atoms with Gasteiger partial charge in [-0.05, 0) is 30.6 Å². The third-order valence-corrected chi connectivity index (χ3v) is 4.59. The van der Waals surface area contributed by atoms with Crippen LogP contribution in [0.25, 0.3) is 0 Å². The highest BCUT2D eigenvalue weighted by atomic mass is 15.2. The van der Waals surface area contributed by atoms with E-state index in [0.717, 1.165) is 23.8 Å². The Balaban J connectivity index is 1.83. The monoisotopic (exact) mass is 165 g/mol. The Kier molecular flexibility index (Phi) is 1.52. The molecule has 0 radical (unpaired) electrons. The van der Waals surface area contributed by atoms with E-state index < -0.39 is 0 Å². The molecule has 2 saturated heterocycles. The van der Waals surface area contributed by atoms with E-state index in [-0.39, 0.29) is 0 Å². The van der Waals surface area contributed by atoms with Gasteiger partial charge < -0.3 is 0 Å². The summed E-state index contributed by atoms with van der Waals surface area (Å²) in [6, 6.07) is 1.03. The fourth-order valence-electron chi connectivity index (χ4n) is 4.04. The number of hydrogen-bond acceptors (Lipinski definition) is 1. The second-order valence-corrected chi connectivity index (χ2v) is 4.95. The Morgan fingerprint density at radius 2 is 2.08 bits per heavy atom. The van der Waals surface area contributed by atoms with E-state index in [1.807, 2.05) is 0 Å². The number of nitrogens with zero attached hydrogens (tertiary/aromatic N) is 1. The van der Waals surface area contributed by atoms with Crippen molar-refractivity contribution in [3.8, 4) is 0 Å². The summed E-state index contributed by atoms with van der Waals surface area (Å²) in [7, 11) is 0. The van der Waals surface area contributed by atoms with Gasteiger partial charge in [-0.1, -0.05) is 19.8 Å². The van der Waals surface area contributed by atoms with Crippen molar-refractivity contribution in [3.05, 3.63) is 0 Å². The lowest BCUT2D eigenvalue weighted by molar-refractivity contribution is 0.173. The summed E-state index contributed by atoms with van der Waals surface area (Å²) in [6.07, 6.45) is 5.99. The van der Waals surface area contributed by atoms with Crippen molar-refractivity contribution in [1.82, 2.24) is 4.90 Å². The highest BCUT2D eigenvalue weighted by Gasteiger charge is 2.51. The molecule has 1 heteroatoms. The van der Waals surface area contributed by atoms with Crippen molar-refractivity contribution >= 4 is 0 Å². The van der Waals surface area contributed by atoms with Crippen LogP contribution in [0.1, 0.15) is 32.6 Å². The number of rotatable bonds is 1. The molecule has 0 aromatic carbocycles. The maximum atomic E-state index is 2.79. The molecule has 0 N–H and O–H groups in total. The molecule has 5 atom stereocenters. The molecule has 3 rings (SSSR count). The first kappa shape index (κ1) is 7.37. The van der Waals surface area contributed by atoms with Crippen molar-refractivity contribution in [2.75, 3.05) is 13.1 Å². The van der Waals surface area contributed by atoms with Gasteiger partial charge in [0, 0.05) is 19.1 Å². The maximum absolute atomic E-state index is 2.79. The average Bonchev–Trinajstić information content (AvgIpc) is 2.75. The van der Waals surface area contributed by atoms with Crippen LogP contribution in [0.3, 0.4) is 0 Å². The Bertz CT molecular complexity index is 187. The van der Waals surface area contributed by atoms with E-state index in [0.29, 0.717) is 0 Å². The smallest absolute Gasteiger partial charge is 0.0127 e. The van der Waals surface area contributed by atoms with Gasteiger partial charge in [0.1, 0.15) is 0 Å². The van der Waals surface area contributed by atoms with Gasteiger partial charge in [0.2, 0.25) is 0 Å². The largest absolute Gasteiger partial charge is 0.300 e. The van der Waals surface area contributed by atoms with Crippen molar-refractivity contribution in [2.45, 2.75) is 38.6 Å². The Hall–Kier alpha value is -0.0400. The van der Waals surface area contributed by atoms with E-state index in [2.05, 4.69) is 11.8 Å². The first-order valence-electron chi connectivity index (χ1n) is 5.64. The predicted molar refractivity (Wildman–Crippen MR) is 50.0 cm³/mol. The summed E-state index contributed by atoms with van der Waals surface area (Å²) in [5, 5.41) is 0. The Labute approximate surface area is 75.1 Å². The molecule has 1 saturated carbocycles. The van der Waals surface area contributed by atoms with Crippen molar-refractivity contribution in [1.29, 1.82) is 0 Å². The standard InChI is InChI=1S/C11H19N/c1-2-8-6-12-7-10(8)9-4-3-5-11(9)12/h8-11H,2-7H2,1H3. The summed E-state index contributed by atoms with van der Waals surface area (Å²) in [5.41, 5.74) is 0. The SMILES string of the molecule is CCC1CN2CC1C1CCCC12. The van der Waals surface area contributed by atoms with E-state index in [1.54, 1.807) is 6.42 Å². The van der Waals surface area contributed by atoms with Crippen LogP contribution in [0, 0.1) is 17.8 Å². The summed E-state index contributed by atoms with van der Waals surface area (Å²) < 4.78 is 0. The Morgan fingerprint density at radius 3 is 2.92 bits per heavy atom. The van der Waals surface area contributed by atoms with Gasteiger partial charge >= 0.3 is 0 Å². The minimum Gasteiger partial charge on any atom is -0.300 e. The van der Waals surface area contributed by atoms with Gasteiger partial charge in [0.25, 0.3) is 0 Å². The molecule has 1 aliphatic carbocycles. The fourth-order valence-corrected chi connectivity index (χ4v) is 4.04. The summed E-state index contributed by atoms with van der Waals surface area (Å²) in [5.74, 6) is 3.27. The van der Waals surface area contributed by atoms with Gasteiger partial charge in [-0.25, -0.2) is 0 Å². The van der Waals surface area contributed by atoms with Gasteiger partial charge in [-0.3, -0.25) is 4.90 Å². The lowest BCUT2D eigenvalue weighted by Gasteiger charge is -2.31. The van der Waals surface area contributed by atoms with Gasteiger partial charge in [-0.2, -0.15) is 0 Å². The zero-order valence-electron chi connectivity index (χ0n) is 8.00. The molecule has 68 valence electrons. The minimum absolute atomic E-state index is 1.03. The highest BCUT2D eigenvalue weighted by molar-refractivity contribution is 5.04. The van der Waals surface area contributed by atoms with Crippen LogP contribution in [0.4, 0.5) is 0 Å². The molecule has 0 aromatic rings. The lowest BCUT2D eigenvalue weighted by Crippen LogP contribution is -2.36. The molecule has 2 aliphatic heterocycles. The zero-order valence-corrected chi connectivity index (χ0v) is 8.00. The van der Waals surface area contributed by atoms with Crippen LogP contribution in [-0.2, 0) is 0 Å². The molecule has 12 heavy (non-hydrogen) atoms. The molecule has 1 nitrogen and oxygen atoms in total. The predicted octanol–water partition coefficient (Wildman–Crippen LogP) is 2.13. The molecule has 2 heterocycles. The highest BCUT2D eigenvalue weighted by Crippen LogP contribution is 2.50. The van der Waals surface area contributed by atoms with Crippen LogP contribution in [0.5, 0.6) is 0 Å². The Morgan fingerprint density at radius 1 is 1.17 bits per heavy atom. The first-order chi connectivity index (χ1) is 5.90. The topological polar surface area (TPSA) is 3.24 Å². The van der Waals surface area contributed by atoms with Crippen LogP contribution in [-0.4, -0.2) is 24.0 Å². The number of hydrogen-bond donors (Lipinski definition) is 0. The molecule has 0 spiro atoms. The number of fused-ring (bicyclic) bond motifs is 5. The quantitative estimate of drug-likeness (QED) is 0.575. The molecular formula is C11H19N.